The lowest BCUT2D eigenvalue weighted by atomic mass is 10.1. The third kappa shape index (κ3) is 1.37. The van der Waals surface area contributed by atoms with E-state index in [-0.39, 0.29) is 0 Å². The minimum Gasteiger partial charge on any atom is -0.260 e. The first-order valence-electron chi connectivity index (χ1n) is 4.33. The third-order valence-electron chi connectivity index (χ3n) is 2.01. The van der Waals surface area contributed by atoms with Gasteiger partial charge in [0, 0.05) is 17.8 Å². The van der Waals surface area contributed by atoms with Gasteiger partial charge in [-0.1, -0.05) is 13.8 Å². The zero-order chi connectivity index (χ0) is 9.26. The lowest BCUT2D eigenvalue weighted by Crippen LogP contribution is -1.95. The van der Waals surface area contributed by atoms with Crippen LogP contribution >= 0.6 is 0 Å². The zero-order valence-electron chi connectivity index (χ0n) is 7.73. The molecule has 0 amide bonds. The average Bonchev–Trinajstić information content (AvgIpc) is 2.17. The molecule has 3 heteroatoms. The van der Waals surface area contributed by atoms with Crippen LogP contribution in [0.15, 0.2) is 24.8 Å². The predicted molar refractivity (Wildman–Crippen MR) is 51.4 cm³/mol. The van der Waals surface area contributed by atoms with Crippen molar-refractivity contribution < 1.29 is 0 Å². The summed E-state index contributed by atoms with van der Waals surface area (Å²) in [6, 6.07) is 1.91. The maximum absolute atomic E-state index is 4.33. The fourth-order valence-corrected chi connectivity index (χ4v) is 1.39. The summed E-state index contributed by atoms with van der Waals surface area (Å²) in [4.78, 5) is 12.5. The first kappa shape index (κ1) is 8.10. The fraction of sp³-hybridized carbons (Fsp3) is 0.300. The van der Waals surface area contributed by atoms with E-state index in [0.29, 0.717) is 5.92 Å². The standard InChI is InChI=1S/C10H11N3/c1-7(2)10-8-5-11-6-13-9(8)3-4-12-10/h3-7H,1-2H3. The fourth-order valence-electron chi connectivity index (χ4n) is 1.39. The van der Waals surface area contributed by atoms with Crippen LogP contribution in [0, 0.1) is 0 Å². The van der Waals surface area contributed by atoms with Gasteiger partial charge in [0.05, 0.1) is 11.2 Å². The lowest BCUT2D eigenvalue weighted by Gasteiger charge is -2.06. The molecule has 0 aromatic carbocycles. The van der Waals surface area contributed by atoms with Crippen molar-refractivity contribution in [2.24, 2.45) is 0 Å². The smallest absolute Gasteiger partial charge is 0.116 e. The maximum atomic E-state index is 4.33. The highest BCUT2D eigenvalue weighted by atomic mass is 14.8. The van der Waals surface area contributed by atoms with Crippen LogP contribution in [0.2, 0.25) is 0 Å². The Balaban J connectivity index is 2.76. The van der Waals surface area contributed by atoms with Crippen LogP contribution in [0.1, 0.15) is 25.5 Å². The van der Waals surface area contributed by atoms with Crippen molar-refractivity contribution in [2.75, 3.05) is 0 Å². The first-order valence-corrected chi connectivity index (χ1v) is 4.33. The van der Waals surface area contributed by atoms with E-state index in [1.54, 1.807) is 12.5 Å². The second-order valence-corrected chi connectivity index (χ2v) is 3.31. The van der Waals surface area contributed by atoms with E-state index in [0.717, 1.165) is 16.6 Å². The molecule has 66 valence electrons. The van der Waals surface area contributed by atoms with Gasteiger partial charge in [-0.2, -0.15) is 0 Å². The summed E-state index contributed by atoms with van der Waals surface area (Å²) in [7, 11) is 0. The molecule has 2 rings (SSSR count). The normalized spacial score (nSPS) is 11.0. The highest BCUT2D eigenvalue weighted by Crippen LogP contribution is 2.19. The first-order chi connectivity index (χ1) is 6.29. The molecule has 0 atom stereocenters. The molecule has 0 fully saturated rings. The minimum atomic E-state index is 0.412. The highest BCUT2D eigenvalue weighted by molar-refractivity contribution is 5.79. The summed E-state index contributed by atoms with van der Waals surface area (Å²) in [6.45, 7) is 4.24. The summed E-state index contributed by atoms with van der Waals surface area (Å²) in [6.07, 6.45) is 5.18. The number of fused-ring (bicyclic) bond motifs is 1. The van der Waals surface area contributed by atoms with Gasteiger partial charge in [0.15, 0.2) is 0 Å². The third-order valence-corrected chi connectivity index (χ3v) is 2.01. The molecule has 2 aromatic heterocycles. The number of pyridine rings is 1. The van der Waals surface area contributed by atoms with E-state index in [2.05, 4.69) is 28.8 Å². The number of nitrogens with zero attached hydrogens (tertiary/aromatic N) is 3. The van der Waals surface area contributed by atoms with E-state index in [1.165, 1.54) is 0 Å². The molecule has 2 heterocycles. The van der Waals surface area contributed by atoms with Crippen molar-refractivity contribution >= 4 is 10.9 Å². The molecule has 0 N–H and O–H groups in total. The summed E-state index contributed by atoms with van der Waals surface area (Å²) in [5.74, 6) is 0.412. The van der Waals surface area contributed by atoms with Gasteiger partial charge in [-0.25, -0.2) is 9.97 Å². The SMILES string of the molecule is CC(C)c1nccc2ncncc12. The van der Waals surface area contributed by atoms with Crippen molar-refractivity contribution in [3.8, 4) is 0 Å². The largest absolute Gasteiger partial charge is 0.260 e. The van der Waals surface area contributed by atoms with Crippen molar-refractivity contribution in [1.82, 2.24) is 15.0 Å². The van der Waals surface area contributed by atoms with E-state index >= 15 is 0 Å². The molecule has 0 saturated heterocycles. The van der Waals surface area contributed by atoms with Crippen molar-refractivity contribution in [2.45, 2.75) is 19.8 Å². The van der Waals surface area contributed by atoms with Crippen molar-refractivity contribution in [1.29, 1.82) is 0 Å². The molecule has 0 saturated carbocycles. The average molecular weight is 173 g/mol. The molecule has 0 aliphatic rings. The number of aromatic nitrogens is 3. The van der Waals surface area contributed by atoms with Gasteiger partial charge >= 0.3 is 0 Å². The van der Waals surface area contributed by atoms with Crippen LogP contribution in [-0.4, -0.2) is 15.0 Å². The zero-order valence-corrected chi connectivity index (χ0v) is 7.73. The van der Waals surface area contributed by atoms with E-state index in [1.807, 2.05) is 12.3 Å². The Kier molecular flexibility index (Phi) is 1.93. The molecule has 3 nitrogen and oxygen atoms in total. The van der Waals surface area contributed by atoms with Gasteiger partial charge < -0.3 is 0 Å². The molecule has 0 spiro atoms. The van der Waals surface area contributed by atoms with Crippen LogP contribution in [0.3, 0.4) is 0 Å². The Morgan fingerprint density at radius 2 is 2.08 bits per heavy atom. The number of hydrogen-bond donors (Lipinski definition) is 0. The van der Waals surface area contributed by atoms with E-state index < -0.39 is 0 Å². The number of hydrogen-bond acceptors (Lipinski definition) is 3. The molecular weight excluding hydrogens is 162 g/mol. The Morgan fingerprint density at radius 3 is 2.85 bits per heavy atom. The van der Waals surface area contributed by atoms with Crippen molar-refractivity contribution in [3.05, 3.63) is 30.5 Å². The van der Waals surface area contributed by atoms with Crippen LogP contribution in [-0.2, 0) is 0 Å². The quantitative estimate of drug-likeness (QED) is 0.663. The van der Waals surface area contributed by atoms with Gasteiger partial charge in [0.25, 0.3) is 0 Å². The molecule has 0 aliphatic heterocycles. The number of rotatable bonds is 1. The second kappa shape index (κ2) is 3.09. The summed E-state index contributed by atoms with van der Waals surface area (Å²) in [5.41, 5.74) is 2.03. The molecule has 13 heavy (non-hydrogen) atoms. The van der Waals surface area contributed by atoms with Gasteiger partial charge in [-0.3, -0.25) is 4.98 Å². The van der Waals surface area contributed by atoms with Crippen LogP contribution in [0.4, 0.5) is 0 Å². The van der Waals surface area contributed by atoms with Gasteiger partial charge in [-0.05, 0) is 12.0 Å². The minimum absolute atomic E-state index is 0.412. The molecular formula is C10H11N3. The molecule has 0 aliphatic carbocycles. The monoisotopic (exact) mass is 173 g/mol. The van der Waals surface area contributed by atoms with Gasteiger partial charge in [0.1, 0.15) is 6.33 Å². The van der Waals surface area contributed by atoms with Crippen LogP contribution < -0.4 is 0 Å². The van der Waals surface area contributed by atoms with Crippen LogP contribution in [0.25, 0.3) is 10.9 Å². The summed E-state index contributed by atoms with van der Waals surface area (Å²) >= 11 is 0. The highest BCUT2D eigenvalue weighted by Gasteiger charge is 2.06. The Bertz CT molecular complexity index is 418. The van der Waals surface area contributed by atoms with Crippen LogP contribution in [0.5, 0.6) is 0 Å². The van der Waals surface area contributed by atoms with E-state index in [9.17, 15) is 0 Å². The Labute approximate surface area is 76.9 Å². The predicted octanol–water partition coefficient (Wildman–Crippen LogP) is 2.15. The van der Waals surface area contributed by atoms with E-state index in [4.69, 9.17) is 0 Å². The molecule has 0 bridgehead atoms. The molecule has 2 aromatic rings. The summed E-state index contributed by atoms with van der Waals surface area (Å²) in [5, 5.41) is 1.06. The second-order valence-electron chi connectivity index (χ2n) is 3.31. The molecule has 0 radical (unpaired) electrons. The van der Waals surface area contributed by atoms with Gasteiger partial charge in [0.2, 0.25) is 0 Å². The van der Waals surface area contributed by atoms with Crippen molar-refractivity contribution in [3.63, 3.8) is 0 Å². The topological polar surface area (TPSA) is 38.7 Å². The Hall–Kier alpha value is -1.51. The summed E-state index contributed by atoms with van der Waals surface area (Å²) < 4.78 is 0. The van der Waals surface area contributed by atoms with Gasteiger partial charge in [-0.15, -0.1) is 0 Å². The Morgan fingerprint density at radius 1 is 1.23 bits per heavy atom. The molecule has 0 unspecified atom stereocenters. The maximum Gasteiger partial charge on any atom is 0.116 e. The lowest BCUT2D eigenvalue weighted by molar-refractivity contribution is 0.833.